The van der Waals surface area contributed by atoms with E-state index in [0.717, 1.165) is 23.3 Å². The summed E-state index contributed by atoms with van der Waals surface area (Å²) in [7, 11) is 0. The van der Waals surface area contributed by atoms with Crippen LogP contribution in [0.2, 0.25) is 0 Å². The van der Waals surface area contributed by atoms with Crippen molar-refractivity contribution in [2.45, 2.75) is 25.7 Å². The average Bonchev–Trinajstić information content (AvgIpc) is 3.11. The molecule has 0 atom stereocenters. The van der Waals surface area contributed by atoms with Crippen molar-refractivity contribution in [1.82, 2.24) is 4.98 Å². The lowest BCUT2D eigenvalue weighted by Gasteiger charge is -2.23. The van der Waals surface area contributed by atoms with Gasteiger partial charge in [-0.15, -0.1) is 0 Å². The first-order chi connectivity index (χ1) is 7.81. The van der Waals surface area contributed by atoms with Crippen LogP contribution in [0, 0.1) is 11.8 Å². The number of anilines is 2. The third-order valence-electron chi connectivity index (χ3n) is 3.44. The van der Waals surface area contributed by atoms with E-state index in [1.54, 1.807) is 0 Å². The fourth-order valence-electron chi connectivity index (χ4n) is 2.09. The SMILES string of the molecule is Nc1ccnc(N(CC2CC2)CC2CC2)c1. The zero-order chi connectivity index (χ0) is 11.0. The molecule has 1 heterocycles. The Morgan fingerprint density at radius 3 is 2.31 bits per heavy atom. The first-order valence-electron chi connectivity index (χ1n) is 6.28. The van der Waals surface area contributed by atoms with Crippen LogP contribution in [0.1, 0.15) is 25.7 Å². The van der Waals surface area contributed by atoms with Gasteiger partial charge < -0.3 is 10.6 Å². The zero-order valence-electron chi connectivity index (χ0n) is 9.60. The molecule has 2 N–H and O–H groups in total. The van der Waals surface area contributed by atoms with Crippen molar-refractivity contribution < 1.29 is 0 Å². The number of nitrogens with zero attached hydrogens (tertiary/aromatic N) is 2. The summed E-state index contributed by atoms with van der Waals surface area (Å²) in [6.45, 7) is 2.35. The Morgan fingerprint density at radius 2 is 1.81 bits per heavy atom. The van der Waals surface area contributed by atoms with Gasteiger partial charge in [-0.1, -0.05) is 0 Å². The summed E-state index contributed by atoms with van der Waals surface area (Å²) in [5.41, 5.74) is 6.64. The van der Waals surface area contributed by atoms with Crippen LogP contribution in [0.4, 0.5) is 11.5 Å². The van der Waals surface area contributed by atoms with Crippen LogP contribution in [0.25, 0.3) is 0 Å². The van der Waals surface area contributed by atoms with Crippen LogP contribution >= 0.6 is 0 Å². The summed E-state index contributed by atoms with van der Waals surface area (Å²) < 4.78 is 0. The minimum Gasteiger partial charge on any atom is -0.399 e. The number of aromatic nitrogens is 1. The van der Waals surface area contributed by atoms with E-state index in [0.29, 0.717) is 0 Å². The van der Waals surface area contributed by atoms with Crippen LogP contribution < -0.4 is 10.6 Å². The summed E-state index contributed by atoms with van der Waals surface area (Å²) in [6.07, 6.45) is 7.39. The molecule has 86 valence electrons. The Labute approximate surface area is 96.7 Å². The van der Waals surface area contributed by atoms with Gasteiger partial charge in [-0.2, -0.15) is 0 Å². The summed E-state index contributed by atoms with van der Waals surface area (Å²) in [5.74, 6) is 2.88. The van der Waals surface area contributed by atoms with Gasteiger partial charge in [-0.25, -0.2) is 4.98 Å². The molecular formula is C13H19N3. The molecular weight excluding hydrogens is 198 g/mol. The standard InChI is InChI=1S/C13H19N3/c14-12-5-6-15-13(7-12)16(8-10-1-2-10)9-11-3-4-11/h5-7,10-11H,1-4,8-9H2,(H2,14,15). The molecule has 0 bridgehead atoms. The van der Waals surface area contributed by atoms with E-state index in [1.807, 2.05) is 18.3 Å². The number of hydrogen-bond donors (Lipinski definition) is 1. The minimum atomic E-state index is 0.821. The molecule has 2 aliphatic rings. The number of pyridine rings is 1. The van der Waals surface area contributed by atoms with Crippen molar-refractivity contribution in [2.75, 3.05) is 23.7 Å². The van der Waals surface area contributed by atoms with E-state index in [2.05, 4.69) is 9.88 Å². The van der Waals surface area contributed by atoms with Gasteiger partial charge in [0.15, 0.2) is 0 Å². The first-order valence-corrected chi connectivity index (χ1v) is 6.28. The van der Waals surface area contributed by atoms with Crippen molar-refractivity contribution in [3.63, 3.8) is 0 Å². The maximum Gasteiger partial charge on any atom is 0.130 e. The topological polar surface area (TPSA) is 42.1 Å². The molecule has 2 fully saturated rings. The van der Waals surface area contributed by atoms with Crippen molar-refractivity contribution in [2.24, 2.45) is 11.8 Å². The van der Waals surface area contributed by atoms with E-state index in [9.17, 15) is 0 Å². The molecule has 0 spiro atoms. The van der Waals surface area contributed by atoms with E-state index in [4.69, 9.17) is 5.73 Å². The van der Waals surface area contributed by atoms with Gasteiger partial charge in [-0.05, 0) is 43.6 Å². The second-order valence-corrected chi connectivity index (χ2v) is 5.24. The molecule has 1 aromatic heterocycles. The third-order valence-corrected chi connectivity index (χ3v) is 3.44. The van der Waals surface area contributed by atoms with Crippen LogP contribution in [-0.4, -0.2) is 18.1 Å². The van der Waals surface area contributed by atoms with Gasteiger partial charge in [0.2, 0.25) is 0 Å². The van der Waals surface area contributed by atoms with Crippen LogP contribution in [0.15, 0.2) is 18.3 Å². The van der Waals surface area contributed by atoms with Gasteiger partial charge in [0.1, 0.15) is 5.82 Å². The fraction of sp³-hybridized carbons (Fsp3) is 0.615. The van der Waals surface area contributed by atoms with Gasteiger partial charge in [0.05, 0.1) is 0 Å². The molecule has 0 saturated heterocycles. The Hall–Kier alpha value is -1.25. The number of nitrogen functional groups attached to an aromatic ring is 1. The molecule has 3 nitrogen and oxygen atoms in total. The maximum atomic E-state index is 5.82. The van der Waals surface area contributed by atoms with Crippen LogP contribution in [0.3, 0.4) is 0 Å². The zero-order valence-corrected chi connectivity index (χ0v) is 9.60. The molecule has 3 heteroatoms. The quantitative estimate of drug-likeness (QED) is 0.822. The smallest absolute Gasteiger partial charge is 0.130 e. The average molecular weight is 217 g/mol. The highest BCUT2D eigenvalue weighted by Crippen LogP contribution is 2.35. The van der Waals surface area contributed by atoms with Crippen molar-refractivity contribution in [1.29, 1.82) is 0 Å². The normalized spacial score (nSPS) is 19.8. The van der Waals surface area contributed by atoms with Gasteiger partial charge >= 0.3 is 0 Å². The molecule has 3 rings (SSSR count). The monoisotopic (exact) mass is 217 g/mol. The molecule has 16 heavy (non-hydrogen) atoms. The number of hydrogen-bond acceptors (Lipinski definition) is 3. The summed E-state index contributed by atoms with van der Waals surface area (Å²) in [5, 5.41) is 0. The van der Waals surface area contributed by atoms with E-state index in [-0.39, 0.29) is 0 Å². The van der Waals surface area contributed by atoms with Gasteiger partial charge in [0, 0.05) is 31.0 Å². The lowest BCUT2D eigenvalue weighted by atomic mass is 10.3. The molecule has 0 amide bonds. The highest BCUT2D eigenvalue weighted by molar-refractivity contribution is 5.50. The molecule has 1 aromatic rings. The lowest BCUT2D eigenvalue weighted by molar-refractivity contribution is 0.672. The number of rotatable bonds is 5. The predicted octanol–water partition coefficient (Wildman–Crippen LogP) is 2.29. The van der Waals surface area contributed by atoms with Crippen molar-refractivity contribution in [3.05, 3.63) is 18.3 Å². The molecule has 2 aliphatic carbocycles. The van der Waals surface area contributed by atoms with Gasteiger partial charge in [-0.3, -0.25) is 0 Å². The lowest BCUT2D eigenvalue weighted by Crippen LogP contribution is -2.28. The van der Waals surface area contributed by atoms with Crippen molar-refractivity contribution in [3.8, 4) is 0 Å². The maximum absolute atomic E-state index is 5.82. The predicted molar refractivity (Wildman–Crippen MR) is 66.3 cm³/mol. The molecule has 0 aromatic carbocycles. The Bertz CT molecular complexity index is 355. The molecule has 0 radical (unpaired) electrons. The second kappa shape index (κ2) is 3.96. The van der Waals surface area contributed by atoms with Gasteiger partial charge in [0.25, 0.3) is 0 Å². The molecule has 0 unspecified atom stereocenters. The number of nitrogens with two attached hydrogens (primary N) is 1. The Morgan fingerprint density at radius 1 is 1.19 bits per heavy atom. The largest absolute Gasteiger partial charge is 0.399 e. The highest BCUT2D eigenvalue weighted by Gasteiger charge is 2.29. The highest BCUT2D eigenvalue weighted by atomic mass is 15.2. The third kappa shape index (κ3) is 2.46. The van der Waals surface area contributed by atoms with Crippen LogP contribution in [-0.2, 0) is 0 Å². The van der Waals surface area contributed by atoms with E-state index < -0.39 is 0 Å². The first kappa shape index (κ1) is 9.94. The van der Waals surface area contributed by atoms with Crippen molar-refractivity contribution >= 4 is 11.5 Å². The summed E-state index contributed by atoms with van der Waals surface area (Å²) in [6, 6.07) is 3.86. The fourth-order valence-corrected chi connectivity index (χ4v) is 2.09. The van der Waals surface area contributed by atoms with E-state index >= 15 is 0 Å². The second-order valence-electron chi connectivity index (χ2n) is 5.24. The Kier molecular flexibility index (Phi) is 2.46. The van der Waals surface area contributed by atoms with Crippen LogP contribution in [0.5, 0.6) is 0 Å². The molecule has 0 aliphatic heterocycles. The summed E-state index contributed by atoms with van der Waals surface area (Å²) in [4.78, 5) is 6.88. The van der Waals surface area contributed by atoms with E-state index in [1.165, 1.54) is 38.8 Å². The molecule has 2 saturated carbocycles. The Balaban J connectivity index is 1.73. The minimum absolute atomic E-state index is 0.821. The summed E-state index contributed by atoms with van der Waals surface area (Å²) >= 11 is 0.